The Hall–Kier alpha value is -2.73. The first kappa shape index (κ1) is 18.6. The van der Waals surface area contributed by atoms with Crippen molar-refractivity contribution in [2.24, 2.45) is 0 Å². The Kier molecular flexibility index (Phi) is 5.39. The summed E-state index contributed by atoms with van der Waals surface area (Å²) >= 11 is 0. The van der Waals surface area contributed by atoms with Crippen molar-refractivity contribution >= 4 is 10.9 Å². The summed E-state index contributed by atoms with van der Waals surface area (Å²) in [6, 6.07) is 7.88. The lowest BCUT2D eigenvalue weighted by atomic mass is 10.1. The Bertz CT molecular complexity index is 963. The molecule has 2 aromatic heterocycles. The maximum atomic E-state index is 6.01. The third kappa shape index (κ3) is 4.07. The van der Waals surface area contributed by atoms with Crippen molar-refractivity contribution in [3.05, 3.63) is 41.9 Å². The monoisotopic (exact) mass is 378 g/mol. The van der Waals surface area contributed by atoms with Gasteiger partial charge in [0.05, 0.1) is 18.0 Å². The summed E-state index contributed by atoms with van der Waals surface area (Å²) < 4.78 is 11.6. The van der Waals surface area contributed by atoms with Crippen LogP contribution in [0.4, 0.5) is 0 Å². The summed E-state index contributed by atoms with van der Waals surface area (Å²) in [4.78, 5) is 16.2. The maximum Gasteiger partial charge on any atom is 0.159 e. The van der Waals surface area contributed by atoms with Crippen LogP contribution < -0.4 is 9.47 Å². The van der Waals surface area contributed by atoms with Gasteiger partial charge in [-0.15, -0.1) is 0 Å². The first-order valence-corrected chi connectivity index (χ1v) is 9.78. The molecule has 1 aliphatic rings. The largest absolute Gasteiger partial charge is 0.496 e. The third-order valence-electron chi connectivity index (χ3n) is 5.07. The number of ether oxygens (including phenoxy) is 2. The van der Waals surface area contributed by atoms with E-state index in [1.54, 1.807) is 7.11 Å². The Labute approximate surface area is 165 Å². The standard InChI is InChI=1S/C22H26N4O2/c1-15-10-17(11-16(2)24-15)22-23-14-19-20(25-22)12-18(13-21(19)27-3)28-9-8-26-6-4-5-7-26/h10-14H,4-9H2,1-3H3. The predicted octanol–water partition coefficient (Wildman–Crippen LogP) is 3.79. The van der Waals surface area contributed by atoms with Crippen molar-refractivity contribution in [2.45, 2.75) is 26.7 Å². The Morgan fingerprint density at radius 3 is 2.46 bits per heavy atom. The SMILES string of the molecule is COc1cc(OCCN2CCCC2)cc2nc(-c3cc(C)nc(C)c3)ncc12. The minimum Gasteiger partial charge on any atom is -0.496 e. The molecule has 1 fully saturated rings. The Morgan fingerprint density at radius 2 is 1.75 bits per heavy atom. The van der Waals surface area contributed by atoms with Gasteiger partial charge in [0, 0.05) is 41.8 Å². The van der Waals surface area contributed by atoms with Crippen LogP contribution in [-0.2, 0) is 0 Å². The molecule has 28 heavy (non-hydrogen) atoms. The van der Waals surface area contributed by atoms with Crippen LogP contribution in [0.3, 0.4) is 0 Å². The van der Waals surface area contributed by atoms with Gasteiger partial charge in [-0.2, -0.15) is 0 Å². The number of fused-ring (bicyclic) bond motifs is 1. The summed E-state index contributed by atoms with van der Waals surface area (Å²) in [5.74, 6) is 2.18. The first-order chi connectivity index (χ1) is 13.6. The maximum absolute atomic E-state index is 6.01. The molecule has 0 saturated carbocycles. The zero-order valence-corrected chi connectivity index (χ0v) is 16.7. The van der Waals surface area contributed by atoms with E-state index in [-0.39, 0.29) is 0 Å². The highest BCUT2D eigenvalue weighted by Gasteiger charge is 2.13. The molecule has 0 atom stereocenters. The predicted molar refractivity (Wildman–Crippen MR) is 110 cm³/mol. The van der Waals surface area contributed by atoms with Crippen LogP contribution in [0.1, 0.15) is 24.2 Å². The van der Waals surface area contributed by atoms with Crippen LogP contribution in [0.15, 0.2) is 30.5 Å². The number of aromatic nitrogens is 3. The normalized spacial score (nSPS) is 14.5. The van der Waals surface area contributed by atoms with E-state index < -0.39 is 0 Å². The van der Waals surface area contributed by atoms with Crippen molar-refractivity contribution in [1.29, 1.82) is 0 Å². The van der Waals surface area contributed by atoms with E-state index in [9.17, 15) is 0 Å². The van der Waals surface area contributed by atoms with Gasteiger partial charge in [0.15, 0.2) is 5.82 Å². The second-order valence-corrected chi connectivity index (χ2v) is 7.29. The number of benzene rings is 1. The van der Waals surface area contributed by atoms with Crippen molar-refractivity contribution in [1.82, 2.24) is 19.9 Å². The van der Waals surface area contributed by atoms with Crippen molar-refractivity contribution in [3.8, 4) is 22.9 Å². The van der Waals surface area contributed by atoms with Crippen molar-refractivity contribution in [2.75, 3.05) is 33.4 Å². The van der Waals surface area contributed by atoms with Gasteiger partial charge in [-0.1, -0.05) is 0 Å². The lowest BCUT2D eigenvalue weighted by molar-refractivity contribution is 0.237. The molecule has 1 aliphatic heterocycles. The van der Waals surface area contributed by atoms with Crippen molar-refractivity contribution in [3.63, 3.8) is 0 Å². The van der Waals surface area contributed by atoms with E-state index in [0.717, 1.165) is 45.9 Å². The molecule has 4 rings (SSSR count). The fourth-order valence-corrected chi connectivity index (χ4v) is 3.73. The minimum atomic E-state index is 0.662. The fourth-order valence-electron chi connectivity index (χ4n) is 3.73. The third-order valence-corrected chi connectivity index (χ3v) is 5.07. The zero-order chi connectivity index (χ0) is 19.5. The number of nitrogens with zero attached hydrogens (tertiary/aromatic N) is 4. The lowest BCUT2D eigenvalue weighted by Crippen LogP contribution is -2.25. The fraction of sp³-hybridized carbons (Fsp3) is 0.409. The molecule has 0 radical (unpaired) electrons. The molecule has 0 spiro atoms. The van der Waals surface area contributed by atoms with Gasteiger partial charge in [-0.05, 0) is 51.9 Å². The molecule has 1 saturated heterocycles. The molecular weight excluding hydrogens is 352 g/mol. The highest BCUT2D eigenvalue weighted by molar-refractivity contribution is 5.87. The molecular formula is C22H26N4O2. The molecule has 0 N–H and O–H groups in total. The first-order valence-electron chi connectivity index (χ1n) is 9.78. The second kappa shape index (κ2) is 8.10. The van der Waals surface area contributed by atoms with Crippen LogP contribution in [0.25, 0.3) is 22.3 Å². The second-order valence-electron chi connectivity index (χ2n) is 7.29. The van der Waals surface area contributed by atoms with E-state index >= 15 is 0 Å². The summed E-state index contributed by atoms with van der Waals surface area (Å²) in [5.41, 5.74) is 3.68. The van der Waals surface area contributed by atoms with Gasteiger partial charge in [0.1, 0.15) is 18.1 Å². The van der Waals surface area contributed by atoms with E-state index in [1.807, 2.05) is 44.3 Å². The highest BCUT2D eigenvalue weighted by atomic mass is 16.5. The smallest absolute Gasteiger partial charge is 0.159 e. The minimum absolute atomic E-state index is 0.662. The molecule has 6 nitrogen and oxygen atoms in total. The van der Waals surface area contributed by atoms with Gasteiger partial charge in [-0.25, -0.2) is 9.97 Å². The average Bonchev–Trinajstić information content (AvgIpc) is 3.19. The van der Waals surface area contributed by atoms with Crippen LogP contribution in [-0.4, -0.2) is 53.2 Å². The van der Waals surface area contributed by atoms with Gasteiger partial charge in [-0.3, -0.25) is 9.88 Å². The number of methoxy groups -OCH3 is 1. The van der Waals surface area contributed by atoms with Gasteiger partial charge < -0.3 is 9.47 Å². The van der Waals surface area contributed by atoms with Crippen LogP contribution >= 0.6 is 0 Å². The molecule has 0 amide bonds. The van der Waals surface area contributed by atoms with Crippen LogP contribution in [0, 0.1) is 13.8 Å². The van der Waals surface area contributed by atoms with E-state index in [2.05, 4.69) is 14.9 Å². The van der Waals surface area contributed by atoms with E-state index in [1.165, 1.54) is 25.9 Å². The number of hydrogen-bond donors (Lipinski definition) is 0. The molecule has 6 heteroatoms. The van der Waals surface area contributed by atoms with E-state index in [4.69, 9.17) is 14.5 Å². The number of pyridine rings is 1. The molecule has 146 valence electrons. The van der Waals surface area contributed by atoms with Gasteiger partial charge in [0.2, 0.25) is 0 Å². The Balaban J connectivity index is 1.62. The van der Waals surface area contributed by atoms with Crippen LogP contribution in [0.2, 0.25) is 0 Å². The highest BCUT2D eigenvalue weighted by Crippen LogP contribution is 2.31. The molecule has 1 aromatic carbocycles. The van der Waals surface area contributed by atoms with Gasteiger partial charge >= 0.3 is 0 Å². The number of hydrogen-bond acceptors (Lipinski definition) is 6. The summed E-state index contributed by atoms with van der Waals surface area (Å²) in [6.07, 6.45) is 4.39. The number of rotatable bonds is 6. The zero-order valence-electron chi connectivity index (χ0n) is 16.7. The Morgan fingerprint density at radius 1 is 1.00 bits per heavy atom. The molecule has 0 unspecified atom stereocenters. The van der Waals surface area contributed by atoms with Crippen LogP contribution in [0.5, 0.6) is 11.5 Å². The van der Waals surface area contributed by atoms with Crippen molar-refractivity contribution < 1.29 is 9.47 Å². The molecule has 3 aromatic rings. The summed E-state index contributed by atoms with van der Waals surface area (Å²) in [5, 5.41) is 0.876. The van der Waals surface area contributed by atoms with Gasteiger partial charge in [0.25, 0.3) is 0 Å². The molecule has 3 heterocycles. The molecule has 0 bridgehead atoms. The lowest BCUT2D eigenvalue weighted by Gasteiger charge is -2.16. The topological polar surface area (TPSA) is 60.4 Å². The average molecular weight is 378 g/mol. The summed E-state index contributed by atoms with van der Waals surface area (Å²) in [7, 11) is 1.66. The molecule has 0 aliphatic carbocycles. The number of likely N-dealkylation sites (tertiary alicyclic amines) is 1. The summed E-state index contributed by atoms with van der Waals surface area (Å²) in [6.45, 7) is 7.91. The number of aryl methyl sites for hydroxylation is 2. The van der Waals surface area contributed by atoms with E-state index in [0.29, 0.717) is 12.4 Å². The quantitative estimate of drug-likeness (QED) is 0.650.